The fourth-order valence-corrected chi connectivity index (χ4v) is 2.62. The fourth-order valence-electron chi connectivity index (χ4n) is 2.12. The van der Waals surface area contributed by atoms with Gasteiger partial charge in [-0.15, -0.1) is 0 Å². The largest absolute Gasteiger partial charge is 0.310 e. The quantitative estimate of drug-likeness (QED) is 0.906. The van der Waals surface area contributed by atoms with Crippen molar-refractivity contribution in [1.29, 1.82) is 0 Å². The SMILES string of the molecule is CNC(c1c(Br)cnn1C(C)C)C(C)(C)N(C)C. The summed E-state index contributed by atoms with van der Waals surface area (Å²) in [5.41, 5.74) is 1.19. The van der Waals surface area contributed by atoms with Crippen LogP contribution in [0.5, 0.6) is 0 Å². The third kappa shape index (κ3) is 2.78. The third-order valence-electron chi connectivity index (χ3n) is 3.70. The van der Waals surface area contributed by atoms with E-state index in [9.17, 15) is 0 Å². The molecule has 1 aromatic rings. The molecule has 0 saturated carbocycles. The van der Waals surface area contributed by atoms with Crippen molar-refractivity contribution in [2.75, 3.05) is 21.1 Å². The first-order valence-corrected chi connectivity index (χ1v) is 7.10. The van der Waals surface area contributed by atoms with Crippen molar-refractivity contribution in [3.05, 3.63) is 16.4 Å². The van der Waals surface area contributed by atoms with E-state index in [0.717, 1.165) is 4.47 Å². The van der Waals surface area contributed by atoms with Gasteiger partial charge < -0.3 is 10.2 Å². The summed E-state index contributed by atoms with van der Waals surface area (Å²) >= 11 is 3.63. The fraction of sp³-hybridized carbons (Fsp3) is 0.769. The number of likely N-dealkylation sites (N-methyl/N-ethyl adjacent to an activating group) is 2. The molecule has 1 N–H and O–H groups in total. The average Bonchev–Trinajstić information content (AvgIpc) is 2.61. The standard InChI is InChI=1S/C13H25BrN4/c1-9(2)18-11(10(14)8-16-18)12(15-5)13(3,4)17(6)7/h8-9,12,15H,1-7H3. The van der Waals surface area contributed by atoms with Crippen molar-refractivity contribution in [2.24, 2.45) is 0 Å². The normalized spacial score (nSPS) is 14.6. The minimum absolute atomic E-state index is 0.00998. The van der Waals surface area contributed by atoms with E-state index in [1.807, 2.05) is 13.2 Å². The zero-order valence-corrected chi connectivity index (χ0v) is 14.0. The minimum Gasteiger partial charge on any atom is -0.310 e. The highest BCUT2D eigenvalue weighted by molar-refractivity contribution is 9.10. The summed E-state index contributed by atoms with van der Waals surface area (Å²) in [6, 6.07) is 0.548. The summed E-state index contributed by atoms with van der Waals surface area (Å²) in [5.74, 6) is 0. The topological polar surface area (TPSA) is 33.1 Å². The van der Waals surface area contributed by atoms with Gasteiger partial charge in [-0.05, 0) is 64.8 Å². The lowest BCUT2D eigenvalue weighted by Crippen LogP contribution is -2.49. The van der Waals surface area contributed by atoms with Crippen molar-refractivity contribution in [3.8, 4) is 0 Å². The summed E-state index contributed by atoms with van der Waals surface area (Å²) in [5, 5.41) is 7.90. The third-order valence-corrected chi connectivity index (χ3v) is 4.31. The lowest BCUT2D eigenvalue weighted by Gasteiger charge is -2.40. The maximum atomic E-state index is 4.47. The van der Waals surface area contributed by atoms with Crippen LogP contribution in [0.4, 0.5) is 0 Å². The van der Waals surface area contributed by atoms with Crippen molar-refractivity contribution in [3.63, 3.8) is 0 Å². The van der Waals surface area contributed by atoms with E-state index in [4.69, 9.17) is 0 Å². The molecule has 0 aromatic carbocycles. The molecule has 0 bridgehead atoms. The van der Waals surface area contributed by atoms with Crippen molar-refractivity contribution in [2.45, 2.75) is 45.3 Å². The Morgan fingerprint density at radius 1 is 1.39 bits per heavy atom. The predicted molar refractivity (Wildman–Crippen MR) is 79.9 cm³/mol. The van der Waals surface area contributed by atoms with Gasteiger partial charge in [0.2, 0.25) is 0 Å². The Kier molecular flexibility index (Phi) is 4.98. The molecule has 0 radical (unpaired) electrons. The second-order valence-electron chi connectivity index (χ2n) is 5.69. The molecule has 0 fully saturated rings. The highest BCUT2D eigenvalue weighted by Crippen LogP contribution is 2.34. The molecule has 0 amide bonds. The molecule has 0 aliphatic carbocycles. The van der Waals surface area contributed by atoms with Gasteiger partial charge in [-0.3, -0.25) is 4.68 Å². The number of rotatable bonds is 5. The zero-order valence-electron chi connectivity index (χ0n) is 12.5. The Morgan fingerprint density at radius 3 is 2.33 bits per heavy atom. The van der Waals surface area contributed by atoms with Gasteiger partial charge in [0.05, 0.1) is 22.4 Å². The Balaban J connectivity index is 3.29. The van der Waals surface area contributed by atoms with Gasteiger partial charge in [0.15, 0.2) is 0 Å². The van der Waals surface area contributed by atoms with Gasteiger partial charge in [0.25, 0.3) is 0 Å². The summed E-state index contributed by atoms with van der Waals surface area (Å²) in [4.78, 5) is 2.23. The summed E-state index contributed by atoms with van der Waals surface area (Å²) in [6.07, 6.45) is 1.88. The van der Waals surface area contributed by atoms with Gasteiger partial charge >= 0.3 is 0 Å². The van der Waals surface area contributed by atoms with E-state index in [-0.39, 0.29) is 11.6 Å². The van der Waals surface area contributed by atoms with Crippen LogP contribution in [0.25, 0.3) is 0 Å². The van der Waals surface area contributed by atoms with E-state index in [1.165, 1.54) is 5.69 Å². The number of hydrogen-bond acceptors (Lipinski definition) is 3. The molecular formula is C13H25BrN4. The Hall–Kier alpha value is -0.390. The predicted octanol–water partition coefficient (Wildman–Crippen LogP) is 2.83. The Morgan fingerprint density at radius 2 is 1.94 bits per heavy atom. The molecule has 1 aromatic heterocycles. The molecular weight excluding hydrogens is 292 g/mol. The maximum absolute atomic E-state index is 4.47. The molecule has 1 heterocycles. The molecule has 5 heteroatoms. The van der Waals surface area contributed by atoms with Crippen molar-refractivity contribution < 1.29 is 0 Å². The van der Waals surface area contributed by atoms with Crippen LogP contribution >= 0.6 is 15.9 Å². The van der Waals surface area contributed by atoms with E-state index < -0.39 is 0 Å². The molecule has 0 aliphatic rings. The van der Waals surface area contributed by atoms with Crippen LogP contribution in [0, 0.1) is 0 Å². The van der Waals surface area contributed by atoms with E-state index >= 15 is 0 Å². The molecule has 0 saturated heterocycles. The monoisotopic (exact) mass is 316 g/mol. The molecule has 0 aliphatic heterocycles. The number of nitrogens with one attached hydrogen (secondary N) is 1. The first kappa shape index (κ1) is 15.7. The van der Waals surface area contributed by atoms with Crippen molar-refractivity contribution >= 4 is 15.9 Å². The lowest BCUT2D eigenvalue weighted by molar-refractivity contribution is 0.136. The highest BCUT2D eigenvalue weighted by Gasteiger charge is 2.35. The molecule has 1 atom stereocenters. The van der Waals surface area contributed by atoms with Crippen LogP contribution in [-0.4, -0.2) is 41.4 Å². The number of halogens is 1. The summed E-state index contributed by atoms with van der Waals surface area (Å²) < 4.78 is 3.14. The second-order valence-corrected chi connectivity index (χ2v) is 6.54. The highest BCUT2D eigenvalue weighted by atomic mass is 79.9. The molecule has 18 heavy (non-hydrogen) atoms. The molecule has 4 nitrogen and oxygen atoms in total. The zero-order chi connectivity index (χ0) is 14.1. The number of nitrogens with zero attached hydrogens (tertiary/aromatic N) is 3. The van der Waals surface area contributed by atoms with Gasteiger partial charge in [-0.2, -0.15) is 5.10 Å². The summed E-state index contributed by atoms with van der Waals surface area (Å²) in [7, 11) is 6.21. The van der Waals surface area contributed by atoms with Crippen LogP contribution in [0.3, 0.4) is 0 Å². The van der Waals surface area contributed by atoms with Crippen molar-refractivity contribution in [1.82, 2.24) is 20.0 Å². The molecule has 1 rings (SSSR count). The average molecular weight is 317 g/mol. The van der Waals surface area contributed by atoms with E-state index in [0.29, 0.717) is 6.04 Å². The van der Waals surface area contributed by atoms with Gasteiger partial charge in [-0.1, -0.05) is 0 Å². The Bertz CT molecular complexity index is 396. The first-order valence-electron chi connectivity index (χ1n) is 6.31. The minimum atomic E-state index is -0.00998. The number of aromatic nitrogens is 2. The number of hydrogen-bond donors (Lipinski definition) is 1. The van der Waals surface area contributed by atoms with Gasteiger partial charge in [0.1, 0.15) is 0 Å². The second kappa shape index (κ2) is 5.72. The van der Waals surface area contributed by atoms with E-state index in [1.54, 1.807) is 0 Å². The molecule has 0 spiro atoms. The smallest absolute Gasteiger partial charge is 0.0717 e. The van der Waals surface area contributed by atoms with Gasteiger partial charge in [0, 0.05) is 11.6 Å². The first-order chi connectivity index (χ1) is 8.23. The van der Waals surface area contributed by atoms with Crippen LogP contribution in [0.2, 0.25) is 0 Å². The molecule has 104 valence electrons. The summed E-state index contributed by atoms with van der Waals surface area (Å²) in [6.45, 7) is 8.77. The van der Waals surface area contributed by atoms with Crippen LogP contribution in [-0.2, 0) is 0 Å². The van der Waals surface area contributed by atoms with Crippen LogP contribution in [0.15, 0.2) is 10.7 Å². The Labute approximate surface area is 119 Å². The lowest BCUT2D eigenvalue weighted by atomic mass is 9.90. The van der Waals surface area contributed by atoms with Crippen LogP contribution < -0.4 is 5.32 Å². The van der Waals surface area contributed by atoms with Gasteiger partial charge in [-0.25, -0.2) is 0 Å². The molecule has 1 unspecified atom stereocenters. The maximum Gasteiger partial charge on any atom is 0.0717 e. The van der Waals surface area contributed by atoms with E-state index in [2.05, 4.69) is 77.7 Å². The van der Waals surface area contributed by atoms with Crippen LogP contribution in [0.1, 0.15) is 45.5 Å².